The molecule has 0 bridgehead atoms. The van der Waals surface area contributed by atoms with E-state index in [0.29, 0.717) is 22.1 Å². The highest BCUT2D eigenvalue weighted by Crippen LogP contribution is 2.28. The maximum atomic E-state index is 5.42. The van der Waals surface area contributed by atoms with Crippen molar-refractivity contribution in [1.29, 1.82) is 0 Å². The van der Waals surface area contributed by atoms with Crippen LogP contribution in [0.1, 0.15) is 25.7 Å². The summed E-state index contributed by atoms with van der Waals surface area (Å²) in [6.45, 7) is 1.84. The van der Waals surface area contributed by atoms with Crippen LogP contribution in [0.15, 0.2) is 60.7 Å². The van der Waals surface area contributed by atoms with Gasteiger partial charge in [-0.15, -0.1) is 0 Å². The van der Waals surface area contributed by atoms with Crippen LogP contribution in [0.25, 0.3) is 0 Å². The van der Waals surface area contributed by atoms with Gasteiger partial charge in [-0.05, 0) is 79.8 Å². The van der Waals surface area contributed by atoms with E-state index in [1.54, 1.807) is 0 Å². The maximum absolute atomic E-state index is 5.42. The summed E-state index contributed by atoms with van der Waals surface area (Å²) in [4.78, 5) is 0. The van der Waals surface area contributed by atoms with E-state index in [1.165, 1.54) is 25.7 Å². The number of thiocarbonyl (C=S) groups is 2. The molecule has 0 saturated heterocycles. The van der Waals surface area contributed by atoms with Gasteiger partial charge in [0.25, 0.3) is 0 Å². The van der Waals surface area contributed by atoms with E-state index in [2.05, 4.69) is 21.3 Å². The molecule has 2 aromatic rings. The molecule has 28 heavy (non-hydrogen) atoms. The first-order valence-electron chi connectivity index (χ1n) is 9.89. The first kappa shape index (κ1) is 20.6. The lowest BCUT2D eigenvalue weighted by atomic mass is 9.81. The van der Waals surface area contributed by atoms with Crippen molar-refractivity contribution >= 4 is 46.0 Å². The van der Waals surface area contributed by atoms with Crippen LogP contribution in [-0.2, 0) is 0 Å². The Labute approximate surface area is 178 Å². The Hall–Kier alpha value is -2.18. The third-order valence-corrected chi connectivity index (χ3v) is 5.55. The number of nitrogens with one attached hydrogen (secondary N) is 4. The van der Waals surface area contributed by atoms with E-state index in [-0.39, 0.29) is 0 Å². The van der Waals surface area contributed by atoms with Crippen LogP contribution >= 0.6 is 24.4 Å². The maximum Gasteiger partial charge on any atom is 0.170 e. The van der Waals surface area contributed by atoms with Crippen molar-refractivity contribution in [3.8, 4) is 0 Å². The van der Waals surface area contributed by atoms with E-state index in [9.17, 15) is 0 Å². The average molecular weight is 413 g/mol. The summed E-state index contributed by atoms with van der Waals surface area (Å²) in [6, 6.07) is 20.1. The van der Waals surface area contributed by atoms with Crippen molar-refractivity contribution in [2.75, 3.05) is 23.7 Å². The third kappa shape index (κ3) is 7.09. The second kappa shape index (κ2) is 11.0. The molecule has 4 nitrogen and oxygen atoms in total. The Morgan fingerprint density at radius 3 is 1.57 bits per heavy atom. The smallest absolute Gasteiger partial charge is 0.170 e. The lowest BCUT2D eigenvalue weighted by Crippen LogP contribution is -2.38. The molecule has 148 valence electrons. The zero-order valence-corrected chi connectivity index (χ0v) is 17.6. The molecule has 2 unspecified atom stereocenters. The summed E-state index contributed by atoms with van der Waals surface area (Å²) in [5.41, 5.74) is 2.04. The van der Waals surface area contributed by atoms with Crippen LogP contribution in [0.4, 0.5) is 11.4 Å². The summed E-state index contributed by atoms with van der Waals surface area (Å²) in [5.74, 6) is 1.29. The molecule has 2 atom stereocenters. The largest absolute Gasteiger partial charge is 0.362 e. The summed E-state index contributed by atoms with van der Waals surface area (Å²) in [6.07, 6.45) is 4.96. The average Bonchev–Trinajstić information content (AvgIpc) is 2.73. The molecule has 0 aromatic heterocycles. The van der Waals surface area contributed by atoms with Gasteiger partial charge in [-0.1, -0.05) is 42.8 Å². The van der Waals surface area contributed by atoms with Crippen LogP contribution in [-0.4, -0.2) is 23.3 Å². The SMILES string of the molecule is S=C(NCC1CCCC(CNC(=S)Nc2ccccc2)C1)Nc1ccccc1. The summed E-state index contributed by atoms with van der Waals surface area (Å²) >= 11 is 10.8. The topological polar surface area (TPSA) is 48.1 Å². The van der Waals surface area contributed by atoms with Gasteiger partial charge in [0.2, 0.25) is 0 Å². The Bertz CT molecular complexity index is 688. The lowest BCUT2D eigenvalue weighted by molar-refractivity contribution is 0.267. The summed E-state index contributed by atoms with van der Waals surface area (Å²) in [5, 5.41) is 14.6. The molecule has 0 spiro atoms. The molecule has 0 aliphatic heterocycles. The predicted octanol–water partition coefficient (Wildman–Crippen LogP) is 4.77. The van der Waals surface area contributed by atoms with Gasteiger partial charge in [0.05, 0.1) is 0 Å². The molecule has 1 saturated carbocycles. The fourth-order valence-corrected chi connectivity index (χ4v) is 4.04. The Kier molecular flexibility index (Phi) is 8.06. The molecule has 3 rings (SSSR count). The van der Waals surface area contributed by atoms with Crippen molar-refractivity contribution < 1.29 is 0 Å². The molecular formula is C22H28N4S2. The number of hydrogen-bond acceptors (Lipinski definition) is 2. The number of rotatable bonds is 6. The molecule has 0 radical (unpaired) electrons. The fourth-order valence-electron chi connectivity index (χ4n) is 3.64. The third-order valence-electron chi connectivity index (χ3n) is 5.06. The van der Waals surface area contributed by atoms with E-state index in [4.69, 9.17) is 24.4 Å². The fraction of sp³-hybridized carbons (Fsp3) is 0.364. The molecule has 1 aliphatic carbocycles. The van der Waals surface area contributed by atoms with Gasteiger partial charge >= 0.3 is 0 Å². The lowest BCUT2D eigenvalue weighted by Gasteiger charge is -2.30. The molecule has 0 heterocycles. The summed E-state index contributed by atoms with van der Waals surface area (Å²) in [7, 11) is 0. The van der Waals surface area contributed by atoms with Crippen LogP contribution in [0, 0.1) is 11.8 Å². The molecule has 0 amide bonds. The van der Waals surface area contributed by atoms with Crippen molar-refractivity contribution in [2.45, 2.75) is 25.7 Å². The van der Waals surface area contributed by atoms with Crippen LogP contribution < -0.4 is 21.3 Å². The Balaban J connectivity index is 1.35. The summed E-state index contributed by atoms with van der Waals surface area (Å²) < 4.78 is 0. The molecule has 1 fully saturated rings. The highest BCUT2D eigenvalue weighted by Gasteiger charge is 2.22. The van der Waals surface area contributed by atoms with Crippen LogP contribution in [0.3, 0.4) is 0 Å². The van der Waals surface area contributed by atoms with E-state index in [1.807, 2.05) is 60.7 Å². The normalized spacial score (nSPS) is 18.7. The molecule has 1 aliphatic rings. The van der Waals surface area contributed by atoms with Crippen molar-refractivity contribution in [3.05, 3.63) is 60.7 Å². The minimum Gasteiger partial charge on any atom is -0.362 e. The molecular weight excluding hydrogens is 384 g/mol. The first-order chi connectivity index (χ1) is 13.7. The highest BCUT2D eigenvalue weighted by molar-refractivity contribution is 7.80. The molecule has 4 N–H and O–H groups in total. The second-order valence-corrected chi connectivity index (χ2v) is 8.12. The van der Waals surface area contributed by atoms with Crippen molar-refractivity contribution in [3.63, 3.8) is 0 Å². The highest BCUT2D eigenvalue weighted by atomic mass is 32.1. The van der Waals surface area contributed by atoms with Gasteiger partial charge in [-0.25, -0.2) is 0 Å². The number of hydrogen-bond donors (Lipinski definition) is 4. The van der Waals surface area contributed by atoms with Gasteiger partial charge < -0.3 is 21.3 Å². The zero-order valence-electron chi connectivity index (χ0n) is 16.0. The second-order valence-electron chi connectivity index (χ2n) is 7.30. The number of anilines is 2. The number of para-hydroxylation sites is 2. The predicted molar refractivity (Wildman–Crippen MR) is 127 cm³/mol. The van der Waals surface area contributed by atoms with Gasteiger partial charge in [0, 0.05) is 24.5 Å². The standard InChI is InChI=1S/C22H28N4S2/c27-21(25-19-10-3-1-4-11-19)23-15-17-8-7-9-18(14-17)16-24-22(28)26-20-12-5-2-6-13-20/h1-6,10-13,17-18H,7-9,14-16H2,(H2,23,25,27)(H2,24,26,28). The minimum absolute atomic E-state index is 0.645. The Morgan fingerprint density at radius 1 is 0.714 bits per heavy atom. The van der Waals surface area contributed by atoms with E-state index >= 15 is 0 Å². The van der Waals surface area contributed by atoms with Gasteiger partial charge in [0.15, 0.2) is 10.2 Å². The van der Waals surface area contributed by atoms with Gasteiger partial charge in [-0.2, -0.15) is 0 Å². The quantitative estimate of drug-likeness (QED) is 0.513. The molecule has 6 heteroatoms. The molecule has 2 aromatic carbocycles. The van der Waals surface area contributed by atoms with Crippen molar-refractivity contribution in [2.24, 2.45) is 11.8 Å². The van der Waals surface area contributed by atoms with E-state index < -0.39 is 0 Å². The zero-order chi connectivity index (χ0) is 19.6. The number of benzene rings is 2. The van der Waals surface area contributed by atoms with Gasteiger partial charge in [-0.3, -0.25) is 0 Å². The van der Waals surface area contributed by atoms with E-state index in [0.717, 1.165) is 24.5 Å². The van der Waals surface area contributed by atoms with Crippen LogP contribution in [0.2, 0.25) is 0 Å². The monoisotopic (exact) mass is 412 g/mol. The van der Waals surface area contributed by atoms with Crippen molar-refractivity contribution in [1.82, 2.24) is 10.6 Å². The van der Waals surface area contributed by atoms with Gasteiger partial charge in [0.1, 0.15) is 0 Å². The Morgan fingerprint density at radius 2 is 1.14 bits per heavy atom. The first-order valence-corrected chi connectivity index (χ1v) is 10.7. The van der Waals surface area contributed by atoms with Crippen LogP contribution in [0.5, 0.6) is 0 Å². The minimum atomic E-state index is 0.645.